The fraction of sp³-hybridized carbons (Fsp3) is 0.692. The summed E-state index contributed by atoms with van der Waals surface area (Å²) < 4.78 is 3.53. The van der Waals surface area contributed by atoms with Crippen LogP contribution in [-0.2, 0) is 15.0 Å². The molecule has 2 aliphatic carbocycles. The molecule has 2 rings (SSSR count). The van der Waals surface area contributed by atoms with Crippen molar-refractivity contribution in [2.24, 2.45) is 0 Å². The number of hydrogen-bond acceptors (Lipinski definition) is 0. The normalized spacial score (nSPS) is 17.3. The van der Waals surface area contributed by atoms with Gasteiger partial charge in [-0.15, -0.1) is 0 Å². The van der Waals surface area contributed by atoms with Crippen molar-refractivity contribution < 1.29 is 15.0 Å². The summed E-state index contributed by atoms with van der Waals surface area (Å²) in [4.78, 5) is 0. The van der Waals surface area contributed by atoms with E-state index in [1.165, 1.54) is 105 Å². The Morgan fingerprint density at radius 2 is 0.963 bits per heavy atom. The summed E-state index contributed by atoms with van der Waals surface area (Å²) in [6.45, 7) is 9.30. The Hall–Kier alpha value is -0.521. The van der Waals surface area contributed by atoms with Gasteiger partial charge in [0.1, 0.15) is 0 Å². The average molecular weight is 410 g/mol. The number of rotatable bonds is 14. The van der Waals surface area contributed by atoms with Gasteiger partial charge in [0.05, 0.1) is 0 Å². The van der Waals surface area contributed by atoms with Crippen LogP contribution in [0.2, 0.25) is 0 Å². The predicted octanol–water partition coefficient (Wildman–Crippen LogP) is 9.00. The molecule has 0 saturated carbocycles. The molecule has 0 spiro atoms. The zero-order valence-corrected chi connectivity index (χ0v) is 19.5. The first-order valence-corrected chi connectivity index (χ1v) is 12.8. The molecule has 0 fully saturated rings. The van der Waals surface area contributed by atoms with E-state index in [9.17, 15) is 0 Å². The van der Waals surface area contributed by atoms with Gasteiger partial charge in [-0.1, -0.05) is 0 Å². The van der Waals surface area contributed by atoms with Crippen molar-refractivity contribution in [3.05, 3.63) is 43.4 Å². The van der Waals surface area contributed by atoms with E-state index in [4.69, 9.17) is 0 Å². The third kappa shape index (κ3) is 6.79. The molecular formula is C26H42Fe. The predicted molar refractivity (Wildman–Crippen MR) is 118 cm³/mol. The molecule has 0 heterocycles. The summed E-state index contributed by atoms with van der Waals surface area (Å²) in [6, 6.07) is 0. The zero-order valence-electron chi connectivity index (χ0n) is 18.4. The molecule has 0 aromatic rings. The van der Waals surface area contributed by atoms with E-state index in [-0.39, 0.29) is 0 Å². The Labute approximate surface area is 175 Å². The van der Waals surface area contributed by atoms with Crippen LogP contribution in [0.25, 0.3) is 0 Å². The second kappa shape index (κ2) is 12.8. The van der Waals surface area contributed by atoms with E-state index in [1.54, 1.807) is 31.2 Å². The molecule has 0 bridgehead atoms. The van der Waals surface area contributed by atoms with Gasteiger partial charge in [0.15, 0.2) is 0 Å². The zero-order chi connectivity index (χ0) is 19.5. The van der Waals surface area contributed by atoms with Gasteiger partial charge in [-0.3, -0.25) is 0 Å². The Morgan fingerprint density at radius 3 is 1.33 bits per heavy atom. The molecule has 0 nitrogen and oxygen atoms in total. The molecule has 0 unspecified atom stereocenters. The minimum atomic E-state index is 1.23. The van der Waals surface area contributed by atoms with Gasteiger partial charge < -0.3 is 0 Å². The van der Waals surface area contributed by atoms with Crippen LogP contribution in [0.15, 0.2) is 43.4 Å². The molecule has 0 aromatic heterocycles. The SMILES string of the molecule is CCCCC1=CC[C]([Fe][C]2=C(CCCC)C(CCCC)=CC2)=C1CCCC. The van der Waals surface area contributed by atoms with Crippen LogP contribution in [0.5, 0.6) is 0 Å². The Kier molecular flexibility index (Phi) is 10.8. The number of unbranched alkanes of at least 4 members (excludes halogenated alkanes) is 4. The fourth-order valence-corrected chi connectivity index (χ4v) is 5.91. The molecule has 154 valence electrons. The summed E-state index contributed by atoms with van der Waals surface area (Å²) >= 11 is 1.26. The fourth-order valence-electron chi connectivity index (χ4n) is 4.10. The molecule has 0 radical (unpaired) electrons. The van der Waals surface area contributed by atoms with Crippen molar-refractivity contribution in [3.63, 3.8) is 0 Å². The standard InChI is InChI=1S/2C13H21.Fe/c2*1-3-5-8-12-10-7-11-13(12)9-6-4-2;/h2*10H,3-9H2,1-2H3;. The van der Waals surface area contributed by atoms with Gasteiger partial charge >= 0.3 is 176 Å². The molecule has 0 amide bonds. The molecule has 0 N–H and O–H groups in total. The summed E-state index contributed by atoms with van der Waals surface area (Å²) in [5, 5.41) is 0. The van der Waals surface area contributed by atoms with Crippen LogP contribution in [0, 0.1) is 0 Å². The third-order valence-corrected chi connectivity index (χ3v) is 7.62. The topological polar surface area (TPSA) is 0 Å². The van der Waals surface area contributed by atoms with Crippen LogP contribution in [0.3, 0.4) is 0 Å². The van der Waals surface area contributed by atoms with Crippen LogP contribution in [0.1, 0.15) is 118 Å². The van der Waals surface area contributed by atoms with Crippen molar-refractivity contribution in [2.45, 2.75) is 118 Å². The number of hydrogen-bond donors (Lipinski definition) is 0. The molecular weight excluding hydrogens is 368 g/mol. The van der Waals surface area contributed by atoms with E-state index in [0.29, 0.717) is 0 Å². The van der Waals surface area contributed by atoms with Gasteiger partial charge in [-0.2, -0.15) is 0 Å². The van der Waals surface area contributed by atoms with E-state index >= 15 is 0 Å². The summed E-state index contributed by atoms with van der Waals surface area (Å²) in [5.74, 6) is 0. The number of allylic oxidation sites excluding steroid dienone is 8. The molecule has 0 aromatic carbocycles. The van der Waals surface area contributed by atoms with Gasteiger partial charge in [-0.25, -0.2) is 0 Å². The van der Waals surface area contributed by atoms with Crippen molar-refractivity contribution in [2.75, 3.05) is 0 Å². The van der Waals surface area contributed by atoms with Crippen molar-refractivity contribution in [1.29, 1.82) is 0 Å². The summed E-state index contributed by atoms with van der Waals surface area (Å²) in [7, 11) is 0. The maximum atomic E-state index is 2.57. The second-order valence-corrected chi connectivity index (χ2v) is 9.72. The molecule has 0 saturated heterocycles. The Morgan fingerprint density at radius 1 is 0.593 bits per heavy atom. The van der Waals surface area contributed by atoms with Crippen molar-refractivity contribution >= 4 is 0 Å². The first-order chi connectivity index (χ1) is 13.2. The Balaban J connectivity index is 2.16. The average Bonchev–Trinajstić information content (AvgIpc) is 3.25. The van der Waals surface area contributed by atoms with Gasteiger partial charge in [0.25, 0.3) is 0 Å². The second-order valence-electron chi connectivity index (χ2n) is 8.11. The van der Waals surface area contributed by atoms with E-state index in [0.717, 1.165) is 0 Å². The Bertz CT molecular complexity index is 533. The quantitative estimate of drug-likeness (QED) is 0.251. The summed E-state index contributed by atoms with van der Waals surface area (Å²) in [6.07, 6.45) is 23.5. The maximum absolute atomic E-state index is 2.57. The third-order valence-electron chi connectivity index (χ3n) is 5.83. The molecule has 0 aliphatic heterocycles. The van der Waals surface area contributed by atoms with Gasteiger partial charge in [0.2, 0.25) is 0 Å². The molecule has 0 atom stereocenters. The van der Waals surface area contributed by atoms with E-state index in [1.807, 2.05) is 0 Å². The van der Waals surface area contributed by atoms with Gasteiger partial charge in [0, 0.05) is 0 Å². The minimum absolute atomic E-state index is 1.23. The van der Waals surface area contributed by atoms with Crippen LogP contribution >= 0.6 is 0 Å². The van der Waals surface area contributed by atoms with Crippen LogP contribution in [0.4, 0.5) is 0 Å². The molecule has 27 heavy (non-hydrogen) atoms. The summed E-state index contributed by atoms with van der Waals surface area (Å²) in [5.41, 5.74) is 6.92. The first kappa shape index (κ1) is 22.8. The molecule has 2 aliphatic rings. The van der Waals surface area contributed by atoms with Crippen LogP contribution in [-0.4, -0.2) is 0 Å². The monoisotopic (exact) mass is 410 g/mol. The first-order valence-electron chi connectivity index (χ1n) is 11.7. The van der Waals surface area contributed by atoms with Crippen molar-refractivity contribution in [3.8, 4) is 0 Å². The van der Waals surface area contributed by atoms with Crippen molar-refractivity contribution in [1.82, 2.24) is 0 Å². The van der Waals surface area contributed by atoms with E-state index in [2.05, 4.69) is 39.8 Å². The van der Waals surface area contributed by atoms with E-state index < -0.39 is 0 Å². The van der Waals surface area contributed by atoms with Gasteiger partial charge in [-0.05, 0) is 0 Å². The van der Waals surface area contributed by atoms with Crippen LogP contribution < -0.4 is 0 Å². The molecule has 1 heteroatoms.